The molecule has 0 aromatic heterocycles. The van der Waals surface area contributed by atoms with Crippen LogP contribution in [0.3, 0.4) is 0 Å². The summed E-state index contributed by atoms with van der Waals surface area (Å²) in [5.74, 6) is -0.0524. The third kappa shape index (κ3) is 44.0. The number of ether oxygens (including phenoxy) is 1. The molecule has 338 valence electrons. The van der Waals surface area contributed by atoms with Crippen LogP contribution in [0.1, 0.15) is 277 Å². The Bertz CT molecular complexity index is 847. The number of esters is 1. The fourth-order valence-corrected chi connectivity index (χ4v) is 7.87. The Morgan fingerprint density at radius 2 is 0.825 bits per heavy atom. The lowest BCUT2D eigenvalue weighted by Crippen LogP contribution is -2.45. The number of hydrogen-bond donors (Lipinski definition) is 3. The summed E-state index contributed by atoms with van der Waals surface area (Å²) in [5, 5.41) is 23.1. The molecule has 2 atom stereocenters. The van der Waals surface area contributed by atoms with Crippen molar-refractivity contribution >= 4 is 11.9 Å². The number of nitrogens with one attached hydrogen (secondary N) is 1. The zero-order valence-electron chi connectivity index (χ0n) is 38.3. The monoisotopic (exact) mass is 806 g/mol. The number of aliphatic hydroxyl groups is 2. The summed E-state index contributed by atoms with van der Waals surface area (Å²) in [4.78, 5) is 24.4. The van der Waals surface area contributed by atoms with E-state index in [0.29, 0.717) is 25.9 Å². The molecule has 2 unspecified atom stereocenters. The second-order valence-electron chi connectivity index (χ2n) is 17.5. The summed E-state index contributed by atoms with van der Waals surface area (Å²) in [6.45, 7) is 4.91. The third-order valence-electron chi connectivity index (χ3n) is 11.8. The van der Waals surface area contributed by atoms with E-state index in [9.17, 15) is 19.8 Å². The van der Waals surface area contributed by atoms with Crippen molar-refractivity contribution in [2.75, 3.05) is 13.2 Å². The molecule has 57 heavy (non-hydrogen) atoms. The van der Waals surface area contributed by atoms with Gasteiger partial charge in [-0.2, -0.15) is 0 Å². The predicted molar refractivity (Wildman–Crippen MR) is 246 cm³/mol. The molecule has 6 nitrogen and oxygen atoms in total. The molecule has 0 aliphatic carbocycles. The second-order valence-corrected chi connectivity index (χ2v) is 17.5. The molecule has 0 rings (SSSR count). The van der Waals surface area contributed by atoms with Gasteiger partial charge in [0.15, 0.2) is 0 Å². The topological polar surface area (TPSA) is 95.9 Å². The van der Waals surface area contributed by atoms with Crippen LogP contribution in [0.4, 0.5) is 0 Å². The minimum absolute atomic E-state index is 0.00791. The van der Waals surface area contributed by atoms with Crippen LogP contribution < -0.4 is 5.32 Å². The van der Waals surface area contributed by atoms with Crippen LogP contribution >= 0.6 is 0 Å². The van der Waals surface area contributed by atoms with Crippen LogP contribution in [-0.4, -0.2) is 47.4 Å². The largest absolute Gasteiger partial charge is 0.466 e. The maximum absolute atomic E-state index is 12.4. The molecule has 0 aromatic carbocycles. The molecular formula is C51H99NO5. The molecule has 1 amide bonds. The Morgan fingerprint density at radius 1 is 0.474 bits per heavy atom. The highest BCUT2D eigenvalue weighted by Crippen LogP contribution is 2.16. The first-order chi connectivity index (χ1) is 28.0. The quantitative estimate of drug-likeness (QED) is 0.0323. The SMILES string of the molecule is CCCCCCC/C=C\CCCCCCCC(=O)OCCCCCCCCCCCCCCCCCC(=O)NC(CO)C(O)CCCCCCCCCCCCC. The molecule has 0 radical (unpaired) electrons. The van der Waals surface area contributed by atoms with Crippen molar-refractivity contribution in [1.29, 1.82) is 0 Å². The lowest BCUT2D eigenvalue weighted by Gasteiger charge is -2.22. The molecule has 3 N–H and O–H groups in total. The zero-order valence-corrected chi connectivity index (χ0v) is 38.3. The van der Waals surface area contributed by atoms with Crippen LogP contribution in [0.15, 0.2) is 12.2 Å². The van der Waals surface area contributed by atoms with E-state index in [-0.39, 0.29) is 18.5 Å². The highest BCUT2D eigenvalue weighted by atomic mass is 16.5. The van der Waals surface area contributed by atoms with Gasteiger partial charge in [0.05, 0.1) is 25.4 Å². The Kier molecular flexibility index (Phi) is 46.1. The summed E-state index contributed by atoms with van der Waals surface area (Å²) in [7, 11) is 0. The Labute approximate surface area is 355 Å². The average molecular weight is 806 g/mol. The van der Waals surface area contributed by atoms with Crippen molar-refractivity contribution in [2.24, 2.45) is 0 Å². The van der Waals surface area contributed by atoms with Gasteiger partial charge in [-0.25, -0.2) is 0 Å². The van der Waals surface area contributed by atoms with E-state index in [1.807, 2.05) is 0 Å². The molecule has 0 heterocycles. The molecule has 0 bridgehead atoms. The van der Waals surface area contributed by atoms with Gasteiger partial charge in [-0.3, -0.25) is 9.59 Å². The van der Waals surface area contributed by atoms with Crippen molar-refractivity contribution in [2.45, 2.75) is 289 Å². The molecule has 6 heteroatoms. The average Bonchev–Trinajstić information content (AvgIpc) is 3.21. The summed E-state index contributed by atoms with van der Waals surface area (Å²) in [6.07, 6.45) is 53.2. The van der Waals surface area contributed by atoms with Gasteiger partial charge < -0.3 is 20.3 Å². The van der Waals surface area contributed by atoms with E-state index in [1.165, 1.54) is 193 Å². The first-order valence-corrected chi connectivity index (χ1v) is 25.4. The molecule has 0 spiro atoms. The van der Waals surface area contributed by atoms with Gasteiger partial charge in [-0.15, -0.1) is 0 Å². The van der Waals surface area contributed by atoms with Crippen LogP contribution in [0.5, 0.6) is 0 Å². The molecule has 0 aromatic rings. The van der Waals surface area contributed by atoms with Gasteiger partial charge in [-0.1, -0.05) is 225 Å². The molecule has 0 saturated carbocycles. The Balaban J connectivity index is 3.42. The van der Waals surface area contributed by atoms with Crippen LogP contribution in [-0.2, 0) is 14.3 Å². The standard InChI is InChI=1S/C51H99NO5/c1-3-5-7-9-11-13-15-16-21-25-29-33-37-41-45-51(56)57-46-42-38-34-30-26-22-19-17-18-20-24-28-32-36-40-44-50(55)52-48(47-53)49(54)43-39-35-31-27-23-14-12-10-8-6-4-2/h15-16,48-49,53-54H,3-14,17-47H2,1-2H3,(H,52,55)/b16-15-. The van der Waals surface area contributed by atoms with Gasteiger partial charge >= 0.3 is 5.97 Å². The zero-order chi connectivity index (χ0) is 41.5. The number of amides is 1. The number of unbranched alkanes of at least 4 members (excludes halogenated alkanes) is 34. The van der Waals surface area contributed by atoms with Gasteiger partial charge in [0, 0.05) is 12.8 Å². The van der Waals surface area contributed by atoms with E-state index in [2.05, 4.69) is 31.3 Å². The van der Waals surface area contributed by atoms with Gasteiger partial charge in [-0.05, 0) is 51.4 Å². The highest BCUT2D eigenvalue weighted by Gasteiger charge is 2.20. The van der Waals surface area contributed by atoms with Crippen molar-refractivity contribution in [1.82, 2.24) is 5.32 Å². The second kappa shape index (κ2) is 47.3. The van der Waals surface area contributed by atoms with Gasteiger partial charge in [0.1, 0.15) is 0 Å². The third-order valence-corrected chi connectivity index (χ3v) is 11.8. The smallest absolute Gasteiger partial charge is 0.305 e. The number of carbonyl (C=O) groups excluding carboxylic acids is 2. The fraction of sp³-hybridized carbons (Fsp3) is 0.922. The maximum atomic E-state index is 12.4. The molecule has 0 saturated heterocycles. The maximum Gasteiger partial charge on any atom is 0.305 e. The van der Waals surface area contributed by atoms with Crippen LogP contribution in [0, 0.1) is 0 Å². The number of hydrogen-bond acceptors (Lipinski definition) is 5. The van der Waals surface area contributed by atoms with E-state index in [4.69, 9.17) is 4.74 Å². The van der Waals surface area contributed by atoms with Crippen LogP contribution in [0.2, 0.25) is 0 Å². The summed E-state index contributed by atoms with van der Waals surface area (Å²) < 4.78 is 5.46. The lowest BCUT2D eigenvalue weighted by molar-refractivity contribution is -0.143. The van der Waals surface area contributed by atoms with Crippen molar-refractivity contribution in [3.8, 4) is 0 Å². The van der Waals surface area contributed by atoms with Crippen molar-refractivity contribution in [3.63, 3.8) is 0 Å². The summed E-state index contributed by atoms with van der Waals surface area (Å²) in [6, 6.07) is -0.546. The number of rotatable bonds is 47. The lowest BCUT2D eigenvalue weighted by atomic mass is 10.0. The Morgan fingerprint density at radius 3 is 1.25 bits per heavy atom. The fourth-order valence-electron chi connectivity index (χ4n) is 7.87. The van der Waals surface area contributed by atoms with Crippen molar-refractivity contribution < 1.29 is 24.5 Å². The highest BCUT2D eigenvalue weighted by molar-refractivity contribution is 5.76. The minimum Gasteiger partial charge on any atom is -0.466 e. The normalized spacial score (nSPS) is 12.7. The Hall–Kier alpha value is -1.40. The number of aliphatic hydroxyl groups excluding tert-OH is 2. The van der Waals surface area contributed by atoms with Crippen molar-refractivity contribution in [3.05, 3.63) is 12.2 Å². The first kappa shape index (κ1) is 55.6. The van der Waals surface area contributed by atoms with Gasteiger partial charge in [0.2, 0.25) is 5.91 Å². The molecule has 0 fully saturated rings. The van der Waals surface area contributed by atoms with E-state index in [1.54, 1.807) is 0 Å². The predicted octanol–water partition coefficient (Wildman–Crippen LogP) is 15.0. The number of carbonyl (C=O) groups is 2. The molecule has 0 aliphatic rings. The molecule has 0 aliphatic heterocycles. The summed E-state index contributed by atoms with van der Waals surface area (Å²) in [5.41, 5.74) is 0. The van der Waals surface area contributed by atoms with Gasteiger partial charge in [0.25, 0.3) is 0 Å². The minimum atomic E-state index is -0.667. The van der Waals surface area contributed by atoms with E-state index in [0.717, 1.165) is 51.4 Å². The van der Waals surface area contributed by atoms with E-state index >= 15 is 0 Å². The van der Waals surface area contributed by atoms with E-state index < -0.39 is 12.1 Å². The summed E-state index contributed by atoms with van der Waals surface area (Å²) >= 11 is 0. The van der Waals surface area contributed by atoms with Crippen LogP contribution in [0.25, 0.3) is 0 Å². The first-order valence-electron chi connectivity index (χ1n) is 25.4. The number of allylic oxidation sites excluding steroid dienone is 2. The molecular weight excluding hydrogens is 707 g/mol.